The van der Waals surface area contributed by atoms with Gasteiger partial charge in [-0.1, -0.05) is 24.3 Å². The first-order valence-corrected chi connectivity index (χ1v) is 7.22. The zero-order valence-electron chi connectivity index (χ0n) is 9.82. The number of para-hydroxylation sites is 1. The molecule has 0 aromatic heterocycles. The molecule has 0 unspecified atom stereocenters. The summed E-state index contributed by atoms with van der Waals surface area (Å²) in [7, 11) is 0. The molecule has 3 aliphatic rings. The number of carbonyl (C=O) groups excluding carboxylic acids is 2. The largest absolute Gasteiger partial charge is 0.365 e. The Morgan fingerprint density at radius 3 is 2.16 bits per heavy atom. The molecule has 4 atom stereocenters. The van der Waals surface area contributed by atoms with Crippen LogP contribution in [0, 0.1) is 15.4 Å². The number of halogens is 1. The maximum atomic E-state index is 12.5. The third kappa shape index (κ3) is 1.42. The zero-order chi connectivity index (χ0) is 13.1. The van der Waals surface area contributed by atoms with Crippen LogP contribution in [-0.4, -0.2) is 24.0 Å². The molecule has 2 saturated heterocycles. The summed E-state index contributed by atoms with van der Waals surface area (Å²) in [5, 5.41) is 0. The third-order valence-corrected chi connectivity index (χ3v) is 4.92. The Hall–Kier alpha value is -1.21. The van der Waals surface area contributed by atoms with Gasteiger partial charge in [0.2, 0.25) is 11.8 Å². The summed E-state index contributed by atoms with van der Waals surface area (Å²) in [6.45, 7) is 0. The highest BCUT2D eigenvalue weighted by molar-refractivity contribution is 14.1. The van der Waals surface area contributed by atoms with Crippen LogP contribution < -0.4 is 4.90 Å². The smallest absolute Gasteiger partial charge is 0.240 e. The van der Waals surface area contributed by atoms with Crippen LogP contribution in [0.2, 0.25) is 0 Å². The second kappa shape index (κ2) is 3.89. The zero-order valence-corrected chi connectivity index (χ0v) is 12.0. The van der Waals surface area contributed by atoms with E-state index < -0.39 is 0 Å². The minimum Gasteiger partial charge on any atom is -0.365 e. The summed E-state index contributed by atoms with van der Waals surface area (Å²) in [5.74, 6) is -0.927. The molecular weight excluding hydrogens is 357 g/mol. The van der Waals surface area contributed by atoms with Crippen molar-refractivity contribution in [2.45, 2.75) is 12.2 Å². The van der Waals surface area contributed by atoms with Gasteiger partial charge < -0.3 is 4.74 Å². The number of nitrogens with zero attached hydrogens (tertiary/aromatic N) is 1. The summed E-state index contributed by atoms with van der Waals surface area (Å²) in [6, 6.07) is 7.45. The van der Waals surface area contributed by atoms with Crippen LogP contribution in [0.4, 0.5) is 5.69 Å². The van der Waals surface area contributed by atoms with E-state index in [9.17, 15) is 9.59 Å². The number of anilines is 1. The second-order valence-electron chi connectivity index (χ2n) is 4.97. The van der Waals surface area contributed by atoms with E-state index in [2.05, 4.69) is 22.6 Å². The van der Waals surface area contributed by atoms with Crippen LogP contribution in [-0.2, 0) is 14.3 Å². The summed E-state index contributed by atoms with van der Waals surface area (Å²) in [4.78, 5) is 26.4. The van der Waals surface area contributed by atoms with Crippen molar-refractivity contribution in [1.82, 2.24) is 0 Å². The molecule has 2 bridgehead atoms. The van der Waals surface area contributed by atoms with Gasteiger partial charge in [0.1, 0.15) is 0 Å². The van der Waals surface area contributed by atoms with E-state index in [-0.39, 0.29) is 35.9 Å². The van der Waals surface area contributed by atoms with Crippen molar-refractivity contribution < 1.29 is 14.3 Å². The molecule has 0 radical (unpaired) electrons. The Kier molecular flexibility index (Phi) is 2.38. The van der Waals surface area contributed by atoms with Crippen LogP contribution in [0.15, 0.2) is 36.4 Å². The lowest BCUT2D eigenvalue weighted by Gasteiger charge is -2.18. The van der Waals surface area contributed by atoms with Gasteiger partial charge in [-0.2, -0.15) is 0 Å². The average molecular weight is 367 g/mol. The SMILES string of the molecule is O=C1[C@@H]2[C@@H](C(=O)N1c1ccccc1I)[C@H]1C=C[C@@H]2O1. The topological polar surface area (TPSA) is 46.6 Å². The van der Waals surface area contributed by atoms with Crippen molar-refractivity contribution in [3.63, 3.8) is 0 Å². The molecule has 2 amide bonds. The number of rotatable bonds is 1. The number of fused-ring (bicyclic) bond motifs is 5. The van der Waals surface area contributed by atoms with E-state index in [1.807, 2.05) is 36.4 Å². The molecule has 96 valence electrons. The lowest BCUT2D eigenvalue weighted by Crippen LogP contribution is -2.34. The van der Waals surface area contributed by atoms with Gasteiger partial charge in [-0.25, -0.2) is 4.90 Å². The first kappa shape index (κ1) is 11.6. The first-order chi connectivity index (χ1) is 9.18. The molecule has 2 fully saturated rings. The van der Waals surface area contributed by atoms with Crippen LogP contribution in [0.1, 0.15) is 0 Å². The fourth-order valence-electron chi connectivity index (χ4n) is 3.17. The molecule has 3 heterocycles. The molecule has 0 spiro atoms. The van der Waals surface area contributed by atoms with Crippen LogP contribution >= 0.6 is 22.6 Å². The number of amides is 2. The Balaban J connectivity index is 1.79. The Labute approximate surface area is 123 Å². The third-order valence-electron chi connectivity index (χ3n) is 4.00. The molecule has 0 N–H and O–H groups in total. The summed E-state index contributed by atoms with van der Waals surface area (Å²) >= 11 is 2.15. The molecule has 19 heavy (non-hydrogen) atoms. The minimum absolute atomic E-state index is 0.129. The first-order valence-electron chi connectivity index (χ1n) is 6.14. The summed E-state index contributed by atoms with van der Waals surface area (Å²) in [6.07, 6.45) is 3.35. The van der Waals surface area contributed by atoms with E-state index in [0.717, 1.165) is 3.57 Å². The van der Waals surface area contributed by atoms with Crippen molar-refractivity contribution in [1.29, 1.82) is 0 Å². The Morgan fingerprint density at radius 1 is 1.00 bits per heavy atom. The van der Waals surface area contributed by atoms with E-state index in [4.69, 9.17) is 4.74 Å². The van der Waals surface area contributed by atoms with Gasteiger partial charge in [0.15, 0.2) is 0 Å². The maximum Gasteiger partial charge on any atom is 0.240 e. The molecule has 4 rings (SSSR count). The molecule has 0 saturated carbocycles. The standard InChI is InChI=1S/C14H10INO3/c15-7-3-1-2-4-8(7)16-13(17)11-9-5-6-10(19-9)12(11)14(16)18/h1-6,9-12H/t9-,10+,11-,12-/m0/s1. The lowest BCUT2D eigenvalue weighted by atomic mass is 9.85. The highest BCUT2D eigenvalue weighted by Crippen LogP contribution is 2.46. The molecular formula is C14H10INO3. The van der Waals surface area contributed by atoms with Crippen LogP contribution in [0.3, 0.4) is 0 Å². The molecule has 1 aromatic carbocycles. The van der Waals surface area contributed by atoms with Gasteiger partial charge >= 0.3 is 0 Å². The number of hydrogen-bond acceptors (Lipinski definition) is 3. The number of ether oxygens (including phenoxy) is 1. The summed E-state index contributed by atoms with van der Waals surface area (Å²) in [5.41, 5.74) is 0.687. The fourth-order valence-corrected chi connectivity index (χ4v) is 3.80. The molecule has 4 nitrogen and oxygen atoms in total. The Bertz CT molecular complexity index is 597. The van der Waals surface area contributed by atoms with E-state index in [1.54, 1.807) is 0 Å². The highest BCUT2D eigenvalue weighted by atomic mass is 127. The molecule has 5 heteroatoms. The van der Waals surface area contributed by atoms with Crippen molar-refractivity contribution in [2.24, 2.45) is 11.8 Å². The quantitative estimate of drug-likeness (QED) is 0.432. The number of imide groups is 1. The van der Waals surface area contributed by atoms with Crippen molar-refractivity contribution >= 4 is 40.1 Å². The van der Waals surface area contributed by atoms with E-state index >= 15 is 0 Å². The number of hydrogen-bond donors (Lipinski definition) is 0. The molecule has 0 aliphatic carbocycles. The predicted octanol–water partition coefficient (Wildman–Crippen LogP) is 1.73. The Morgan fingerprint density at radius 2 is 1.58 bits per heavy atom. The van der Waals surface area contributed by atoms with Gasteiger partial charge in [-0.05, 0) is 34.7 Å². The molecule has 1 aromatic rings. The highest BCUT2D eigenvalue weighted by Gasteiger charge is 2.61. The van der Waals surface area contributed by atoms with Gasteiger partial charge in [0.25, 0.3) is 0 Å². The lowest BCUT2D eigenvalue weighted by molar-refractivity contribution is -0.124. The van der Waals surface area contributed by atoms with Crippen LogP contribution in [0.5, 0.6) is 0 Å². The second-order valence-corrected chi connectivity index (χ2v) is 6.13. The fraction of sp³-hybridized carbons (Fsp3) is 0.286. The van der Waals surface area contributed by atoms with Crippen molar-refractivity contribution in [3.05, 3.63) is 40.0 Å². The average Bonchev–Trinajstić information content (AvgIpc) is 3.06. The van der Waals surface area contributed by atoms with E-state index in [0.29, 0.717) is 5.69 Å². The van der Waals surface area contributed by atoms with Crippen LogP contribution in [0.25, 0.3) is 0 Å². The predicted molar refractivity (Wildman–Crippen MR) is 76.4 cm³/mol. The van der Waals surface area contributed by atoms with Gasteiger partial charge in [-0.3, -0.25) is 9.59 Å². The number of carbonyl (C=O) groups is 2. The minimum atomic E-state index is -0.335. The maximum absolute atomic E-state index is 12.5. The van der Waals surface area contributed by atoms with Gasteiger partial charge in [0.05, 0.1) is 29.7 Å². The number of benzene rings is 1. The monoisotopic (exact) mass is 367 g/mol. The van der Waals surface area contributed by atoms with E-state index in [1.165, 1.54) is 4.90 Å². The molecule has 3 aliphatic heterocycles. The van der Waals surface area contributed by atoms with Crippen molar-refractivity contribution in [3.8, 4) is 0 Å². The van der Waals surface area contributed by atoms with Crippen molar-refractivity contribution in [2.75, 3.05) is 4.90 Å². The summed E-state index contributed by atoms with van der Waals surface area (Å²) < 4.78 is 6.52. The van der Waals surface area contributed by atoms with Gasteiger partial charge in [-0.15, -0.1) is 0 Å². The van der Waals surface area contributed by atoms with Gasteiger partial charge in [0, 0.05) is 3.57 Å². The normalized spacial score (nSPS) is 35.3.